The second-order valence-electron chi connectivity index (χ2n) is 8.22. The van der Waals surface area contributed by atoms with E-state index in [1.807, 2.05) is 59.2 Å². The summed E-state index contributed by atoms with van der Waals surface area (Å²) in [6, 6.07) is 17.6. The number of rotatable bonds is 11. The van der Waals surface area contributed by atoms with E-state index in [2.05, 4.69) is 20.1 Å². The first-order valence-corrected chi connectivity index (χ1v) is 12.6. The lowest BCUT2D eigenvalue weighted by atomic mass is 10.2. The summed E-state index contributed by atoms with van der Waals surface area (Å²) in [5.41, 5.74) is 3.40. The van der Waals surface area contributed by atoms with Crippen LogP contribution in [0.5, 0.6) is 11.6 Å². The van der Waals surface area contributed by atoms with E-state index < -0.39 is 5.97 Å². The van der Waals surface area contributed by atoms with Crippen molar-refractivity contribution in [2.75, 3.05) is 19.1 Å². The molecule has 11 heteroatoms. The maximum absolute atomic E-state index is 12.1. The van der Waals surface area contributed by atoms with Gasteiger partial charge in [-0.25, -0.2) is 14.5 Å². The van der Waals surface area contributed by atoms with Crippen LogP contribution in [0.2, 0.25) is 0 Å². The number of aromatic nitrogens is 6. The minimum atomic E-state index is -0.469. The maximum atomic E-state index is 12.1. The molecule has 0 aliphatic carbocycles. The van der Waals surface area contributed by atoms with E-state index in [0.717, 1.165) is 16.9 Å². The predicted octanol–water partition coefficient (Wildman–Crippen LogP) is 4.43. The molecule has 10 nitrogen and oxygen atoms in total. The molecule has 5 aromatic rings. The van der Waals surface area contributed by atoms with E-state index in [0.29, 0.717) is 48.2 Å². The van der Waals surface area contributed by atoms with Crippen LogP contribution < -0.4 is 9.47 Å². The molecule has 0 amide bonds. The van der Waals surface area contributed by atoms with E-state index >= 15 is 0 Å². The number of fused-ring (bicyclic) bond motifs is 1. The second-order valence-corrected chi connectivity index (χ2v) is 8.60. The van der Waals surface area contributed by atoms with Crippen LogP contribution >= 0.6 is 11.6 Å². The zero-order chi connectivity index (χ0) is 26.3. The number of benzene rings is 2. The number of imidazole rings is 1. The quantitative estimate of drug-likeness (QED) is 0.182. The van der Waals surface area contributed by atoms with Crippen LogP contribution in [0.25, 0.3) is 17.1 Å². The first-order chi connectivity index (χ1) is 18.6. The molecule has 0 spiro atoms. The summed E-state index contributed by atoms with van der Waals surface area (Å²) < 4.78 is 20.1. The van der Waals surface area contributed by atoms with E-state index in [9.17, 15) is 4.79 Å². The van der Waals surface area contributed by atoms with Gasteiger partial charge in [0.1, 0.15) is 19.0 Å². The molecule has 0 fully saturated rings. The van der Waals surface area contributed by atoms with Crippen molar-refractivity contribution in [3.8, 4) is 17.6 Å². The Kier molecular flexibility index (Phi) is 7.79. The molecule has 3 heterocycles. The van der Waals surface area contributed by atoms with Gasteiger partial charge in [0, 0.05) is 12.7 Å². The highest BCUT2D eigenvalue weighted by molar-refractivity contribution is 6.18. The number of carbonyl (C=O) groups is 1. The molecule has 0 bridgehead atoms. The summed E-state index contributed by atoms with van der Waals surface area (Å²) in [7, 11) is 0. The van der Waals surface area contributed by atoms with Gasteiger partial charge in [0.05, 0.1) is 30.6 Å². The van der Waals surface area contributed by atoms with Gasteiger partial charge in [-0.2, -0.15) is 15.1 Å². The Balaban J connectivity index is 1.48. The average Bonchev–Trinajstić information content (AvgIpc) is 3.60. The van der Waals surface area contributed by atoms with Gasteiger partial charge >= 0.3 is 5.97 Å². The third-order valence-electron chi connectivity index (χ3n) is 5.57. The molecule has 0 atom stereocenters. The molecule has 0 saturated heterocycles. The van der Waals surface area contributed by atoms with Crippen LogP contribution in [-0.2, 0) is 17.9 Å². The number of esters is 1. The number of alkyl halides is 1. The van der Waals surface area contributed by atoms with Crippen molar-refractivity contribution < 1.29 is 19.0 Å². The SMILES string of the molecule is CCOC(=O)c1cnn(-c2nc(OCc3ccccc3)c3c(ncn3Cc3ccc(OCCCl)cc3)n2)c1. The topological polar surface area (TPSA) is 106 Å². The third-order valence-corrected chi connectivity index (χ3v) is 5.72. The van der Waals surface area contributed by atoms with E-state index in [-0.39, 0.29) is 12.6 Å². The molecule has 194 valence electrons. The minimum absolute atomic E-state index is 0.224. The zero-order valence-corrected chi connectivity index (χ0v) is 21.4. The lowest BCUT2D eigenvalue weighted by molar-refractivity contribution is 0.0526. The zero-order valence-electron chi connectivity index (χ0n) is 20.7. The minimum Gasteiger partial charge on any atom is -0.492 e. The standard InChI is InChI=1S/C27H25ClN6O4/c1-2-36-26(35)21-14-30-34(16-21)27-31-24-23(25(32-27)38-17-20-6-4-3-5-7-20)33(18-29-24)15-19-8-10-22(11-9-19)37-13-12-28/h3-11,14,16,18H,2,12-13,15,17H2,1H3. The Labute approximate surface area is 223 Å². The fourth-order valence-corrected chi connectivity index (χ4v) is 3.86. The van der Waals surface area contributed by atoms with Gasteiger partial charge in [-0.3, -0.25) is 0 Å². The molecule has 0 saturated carbocycles. The van der Waals surface area contributed by atoms with Gasteiger partial charge in [0.2, 0.25) is 5.88 Å². The van der Waals surface area contributed by atoms with Crippen molar-refractivity contribution in [3.63, 3.8) is 0 Å². The second kappa shape index (κ2) is 11.7. The molecule has 2 aromatic carbocycles. The monoisotopic (exact) mass is 532 g/mol. The fraction of sp³-hybridized carbons (Fsp3) is 0.222. The van der Waals surface area contributed by atoms with Gasteiger partial charge in [0.15, 0.2) is 11.2 Å². The third kappa shape index (κ3) is 5.76. The Morgan fingerprint density at radius 3 is 2.58 bits per heavy atom. The first-order valence-electron chi connectivity index (χ1n) is 12.0. The van der Waals surface area contributed by atoms with Gasteiger partial charge in [-0.05, 0) is 30.2 Å². The van der Waals surface area contributed by atoms with Crippen molar-refractivity contribution in [1.29, 1.82) is 0 Å². The van der Waals surface area contributed by atoms with E-state index in [1.165, 1.54) is 17.1 Å². The highest BCUT2D eigenvalue weighted by atomic mass is 35.5. The summed E-state index contributed by atoms with van der Waals surface area (Å²) in [5.74, 6) is 1.29. The van der Waals surface area contributed by atoms with Crippen LogP contribution in [-0.4, -0.2) is 54.4 Å². The molecule has 3 aromatic heterocycles. The number of halogens is 1. The van der Waals surface area contributed by atoms with Crippen molar-refractivity contribution in [3.05, 3.63) is 90.0 Å². The Morgan fingerprint density at radius 2 is 1.82 bits per heavy atom. The number of ether oxygens (including phenoxy) is 3. The molecular formula is C27H25ClN6O4. The predicted molar refractivity (Wildman–Crippen MR) is 141 cm³/mol. The van der Waals surface area contributed by atoms with E-state index in [4.69, 9.17) is 25.8 Å². The lowest BCUT2D eigenvalue weighted by Crippen LogP contribution is -2.08. The van der Waals surface area contributed by atoms with Crippen LogP contribution in [0.3, 0.4) is 0 Å². The normalized spacial score (nSPS) is 11.0. The summed E-state index contributed by atoms with van der Waals surface area (Å²) >= 11 is 5.71. The van der Waals surface area contributed by atoms with Gasteiger partial charge in [-0.15, -0.1) is 11.6 Å². The van der Waals surface area contributed by atoms with Crippen LogP contribution in [0.4, 0.5) is 0 Å². The number of carbonyl (C=O) groups excluding carboxylic acids is 1. The molecule has 0 unspecified atom stereocenters. The summed E-state index contributed by atoms with van der Waals surface area (Å²) in [5, 5.41) is 4.24. The molecule has 0 aliphatic rings. The fourth-order valence-electron chi connectivity index (χ4n) is 3.78. The van der Waals surface area contributed by atoms with Crippen molar-refractivity contribution >= 4 is 28.7 Å². The highest BCUT2D eigenvalue weighted by Crippen LogP contribution is 2.25. The maximum Gasteiger partial charge on any atom is 0.341 e. The van der Waals surface area contributed by atoms with Gasteiger partial charge < -0.3 is 18.8 Å². The number of hydrogen-bond acceptors (Lipinski definition) is 8. The average molecular weight is 533 g/mol. The molecule has 0 N–H and O–H groups in total. The Hall–Kier alpha value is -4.44. The van der Waals surface area contributed by atoms with Crippen LogP contribution in [0, 0.1) is 0 Å². The van der Waals surface area contributed by atoms with Crippen molar-refractivity contribution in [1.82, 2.24) is 29.3 Å². The van der Waals surface area contributed by atoms with Crippen LogP contribution in [0.1, 0.15) is 28.4 Å². The van der Waals surface area contributed by atoms with Gasteiger partial charge in [0.25, 0.3) is 5.95 Å². The van der Waals surface area contributed by atoms with Crippen molar-refractivity contribution in [2.45, 2.75) is 20.1 Å². The molecule has 38 heavy (non-hydrogen) atoms. The number of nitrogens with zero attached hydrogens (tertiary/aromatic N) is 6. The Morgan fingerprint density at radius 1 is 1.00 bits per heavy atom. The highest BCUT2D eigenvalue weighted by Gasteiger charge is 2.18. The van der Waals surface area contributed by atoms with E-state index in [1.54, 1.807) is 13.3 Å². The molecule has 0 aliphatic heterocycles. The summed E-state index contributed by atoms with van der Waals surface area (Å²) in [6.45, 7) is 3.29. The molecular weight excluding hydrogens is 508 g/mol. The first kappa shape index (κ1) is 25.2. The lowest BCUT2D eigenvalue weighted by Gasteiger charge is -2.11. The Bertz CT molecular complexity index is 1520. The van der Waals surface area contributed by atoms with Crippen LogP contribution in [0.15, 0.2) is 73.3 Å². The molecule has 0 radical (unpaired) electrons. The van der Waals surface area contributed by atoms with Gasteiger partial charge in [-0.1, -0.05) is 42.5 Å². The smallest absolute Gasteiger partial charge is 0.341 e. The summed E-state index contributed by atoms with van der Waals surface area (Å²) in [4.78, 5) is 25.8. The molecule has 5 rings (SSSR count). The van der Waals surface area contributed by atoms with Crippen molar-refractivity contribution in [2.24, 2.45) is 0 Å². The number of hydrogen-bond donors (Lipinski definition) is 0. The summed E-state index contributed by atoms with van der Waals surface area (Å²) in [6.07, 6.45) is 4.63. The largest absolute Gasteiger partial charge is 0.492 e.